The van der Waals surface area contributed by atoms with Crippen LogP contribution in [0.3, 0.4) is 0 Å². The van der Waals surface area contributed by atoms with Gasteiger partial charge in [0.2, 0.25) is 0 Å². The van der Waals surface area contributed by atoms with Gasteiger partial charge in [-0.15, -0.1) is 0 Å². The Kier molecular flexibility index (Phi) is 7.91. The van der Waals surface area contributed by atoms with Gasteiger partial charge in [0.1, 0.15) is 0 Å². The first-order chi connectivity index (χ1) is 28.5. The second-order valence-electron chi connectivity index (χ2n) is 16.2. The van der Waals surface area contributed by atoms with E-state index >= 15 is 0 Å². The summed E-state index contributed by atoms with van der Waals surface area (Å²) >= 11 is 0. The summed E-state index contributed by atoms with van der Waals surface area (Å²) in [6.45, 7) is 4.73. The molecule has 0 bridgehead atoms. The van der Waals surface area contributed by atoms with Gasteiger partial charge in [0.15, 0.2) is 0 Å². The highest BCUT2D eigenvalue weighted by atomic mass is 15.1. The summed E-state index contributed by atoms with van der Waals surface area (Å²) in [6.07, 6.45) is 0. The Bertz CT molecular complexity index is 3200. The number of fused-ring (bicyclic) bond motifs is 6. The van der Waals surface area contributed by atoms with Crippen LogP contribution in [0.1, 0.15) is 25.0 Å². The highest BCUT2D eigenvalue weighted by Gasteiger charge is 2.36. The van der Waals surface area contributed by atoms with Gasteiger partial charge < -0.3 is 4.90 Å². The van der Waals surface area contributed by atoms with Gasteiger partial charge in [0.25, 0.3) is 0 Å². The maximum Gasteiger partial charge on any atom is 0.0546 e. The topological polar surface area (TPSA) is 3.24 Å². The van der Waals surface area contributed by atoms with E-state index in [4.69, 9.17) is 0 Å². The van der Waals surface area contributed by atoms with E-state index in [1.807, 2.05) is 0 Å². The number of nitrogens with zero attached hydrogens (tertiary/aromatic N) is 1. The quantitative estimate of drug-likeness (QED) is 0.164. The Balaban J connectivity index is 1.15. The fourth-order valence-electron chi connectivity index (χ4n) is 9.40. The second-order valence-corrected chi connectivity index (χ2v) is 16.2. The Hall–Kier alpha value is -7.22. The van der Waals surface area contributed by atoms with Crippen molar-refractivity contribution in [2.75, 3.05) is 4.90 Å². The number of hydrogen-bond acceptors (Lipinski definition) is 1. The lowest BCUT2D eigenvalue weighted by atomic mass is 9.82. The van der Waals surface area contributed by atoms with Crippen LogP contribution in [-0.4, -0.2) is 0 Å². The normalized spacial score (nSPS) is 12.8. The zero-order valence-corrected chi connectivity index (χ0v) is 32.7. The molecule has 0 saturated carbocycles. The SMILES string of the molecule is CC1(C)c2ccccc2-c2ccc(N(c3ccc(-c4ccc5ccccc5c4)cc3)c3cccc(-c4ccc5ccccc5c4)c3-c3ccc4ccccc4c3)cc21. The summed E-state index contributed by atoms with van der Waals surface area (Å²) in [4.78, 5) is 2.48. The van der Waals surface area contributed by atoms with Crippen molar-refractivity contribution >= 4 is 49.4 Å². The minimum absolute atomic E-state index is 0.137. The average Bonchev–Trinajstić information content (AvgIpc) is 3.51. The summed E-state index contributed by atoms with van der Waals surface area (Å²) in [5.41, 5.74) is 15.8. The molecule has 0 heterocycles. The molecule has 274 valence electrons. The fraction of sp³-hybridized carbons (Fsp3) is 0.0526. The van der Waals surface area contributed by atoms with Crippen molar-refractivity contribution in [3.8, 4) is 44.5 Å². The molecule has 0 unspecified atom stereocenters. The Morgan fingerprint density at radius 1 is 0.310 bits per heavy atom. The Labute approximate surface area is 340 Å². The van der Waals surface area contributed by atoms with Crippen LogP contribution in [0.25, 0.3) is 76.8 Å². The van der Waals surface area contributed by atoms with Crippen molar-refractivity contribution < 1.29 is 0 Å². The van der Waals surface area contributed by atoms with Gasteiger partial charge in [-0.1, -0.05) is 178 Å². The molecule has 1 aliphatic rings. The highest BCUT2D eigenvalue weighted by Crippen LogP contribution is 2.52. The monoisotopic (exact) mass is 739 g/mol. The van der Waals surface area contributed by atoms with Gasteiger partial charge in [0.05, 0.1) is 5.69 Å². The molecule has 0 atom stereocenters. The van der Waals surface area contributed by atoms with E-state index in [1.165, 1.54) is 88.0 Å². The number of hydrogen-bond donors (Lipinski definition) is 0. The molecule has 58 heavy (non-hydrogen) atoms. The molecule has 0 radical (unpaired) electrons. The molecular formula is C57H41N. The summed E-state index contributed by atoms with van der Waals surface area (Å²) < 4.78 is 0. The number of rotatable bonds is 6. The predicted molar refractivity (Wildman–Crippen MR) is 248 cm³/mol. The highest BCUT2D eigenvalue weighted by molar-refractivity contribution is 6.01. The van der Waals surface area contributed by atoms with E-state index in [1.54, 1.807) is 0 Å². The van der Waals surface area contributed by atoms with E-state index in [0.29, 0.717) is 0 Å². The van der Waals surface area contributed by atoms with Gasteiger partial charge in [-0.2, -0.15) is 0 Å². The minimum atomic E-state index is -0.137. The lowest BCUT2D eigenvalue weighted by molar-refractivity contribution is 0.660. The van der Waals surface area contributed by atoms with Crippen LogP contribution in [0.2, 0.25) is 0 Å². The molecule has 1 aliphatic carbocycles. The molecule has 10 aromatic carbocycles. The molecule has 10 aromatic rings. The van der Waals surface area contributed by atoms with Crippen LogP contribution in [0, 0.1) is 0 Å². The molecule has 0 N–H and O–H groups in total. The third kappa shape index (κ3) is 5.62. The number of anilines is 3. The van der Waals surface area contributed by atoms with E-state index in [0.717, 1.165) is 17.1 Å². The molecular weight excluding hydrogens is 699 g/mol. The van der Waals surface area contributed by atoms with Crippen LogP contribution in [-0.2, 0) is 5.41 Å². The largest absolute Gasteiger partial charge is 0.310 e. The molecule has 1 heteroatoms. The van der Waals surface area contributed by atoms with Gasteiger partial charge >= 0.3 is 0 Å². The zero-order chi connectivity index (χ0) is 38.8. The standard InChI is InChI=1S/C57H41N/c1-57(2)53-20-10-9-18-51(53)52-33-32-49(37-54(52)57)58(48-30-28-41(29-31-48)45-25-22-38-12-3-6-15-42(38)34-45)55-21-11-19-50(46-26-23-39-13-4-7-16-43(39)35-46)56(55)47-27-24-40-14-5-8-17-44(40)36-47/h3-37H,1-2H3. The first kappa shape index (κ1) is 34.1. The van der Waals surface area contributed by atoms with Gasteiger partial charge in [-0.3, -0.25) is 0 Å². The van der Waals surface area contributed by atoms with E-state index in [-0.39, 0.29) is 5.41 Å². The van der Waals surface area contributed by atoms with Crippen LogP contribution in [0.5, 0.6) is 0 Å². The van der Waals surface area contributed by atoms with E-state index in [9.17, 15) is 0 Å². The van der Waals surface area contributed by atoms with Gasteiger partial charge in [-0.05, 0) is 131 Å². The predicted octanol–water partition coefficient (Wildman–Crippen LogP) is 15.9. The van der Waals surface area contributed by atoms with Crippen molar-refractivity contribution in [2.45, 2.75) is 19.3 Å². The van der Waals surface area contributed by atoms with Crippen molar-refractivity contribution in [3.63, 3.8) is 0 Å². The zero-order valence-electron chi connectivity index (χ0n) is 32.7. The van der Waals surface area contributed by atoms with Crippen LogP contribution >= 0.6 is 0 Å². The summed E-state index contributed by atoms with van der Waals surface area (Å²) in [5, 5.41) is 7.43. The van der Waals surface area contributed by atoms with Crippen molar-refractivity contribution in [1.82, 2.24) is 0 Å². The molecule has 0 aliphatic heterocycles. The first-order valence-electron chi connectivity index (χ1n) is 20.2. The molecule has 11 rings (SSSR count). The number of benzene rings is 10. The van der Waals surface area contributed by atoms with Crippen molar-refractivity contribution in [3.05, 3.63) is 223 Å². The Morgan fingerprint density at radius 3 is 1.47 bits per heavy atom. The van der Waals surface area contributed by atoms with Gasteiger partial charge in [-0.25, -0.2) is 0 Å². The average molecular weight is 740 g/mol. The lowest BCUT2D eigenvalue weighted by Gasteiger charge is -2.31. The Morgan fingerprint density at radius 2 is 0.793 bits per heavy atom. The fourth-order valence-corrected chi connectivity index (χ4v) is 9.40. The minimum Gasteiger partial charge on any atom is -0.310 e. The summed E-state index contributed by atoms with van der Waals surface area (Å²) in [6, 6.07) is 78.5. The molecule has 0 spiro atoms. The third-order valence-electron chi connectivity index (χ3n) is 12.4. The van der Waals surface area contributed by atoms with Gasteiger partial charge in [0, 0.05) is 22.4 Å². The summed E-state index contributed by atoms with van der Waals surface area (Å²) in [7, 11) is 0. The van der Waals surface area contributed by atoms with Crippen molar-refractivity contribution in [1.29, 1.82) is 0 Å². The molecule has 1 nitrogen and oxygen atoms in total. The van der Waals surface area contributed by atoms with Crippen molar-refractivity contribution in [2.24, 2.45) is 0 Å². The molecule has 0 aromatic heterocycles. The van der Waals surface area contributed by atoms with Crippen LogP contribution in [0.15, 0.2) is 212 Å². The second kappa shape index (κ2) is 13.5. The molecule has 0 saturated heterocycles. The molecule has 0 fully saturated rings. The van der Waals surface area contributed by atoms with E-state index in [2.05, 4.69) is 231 Å². The third-order valence-corrected chi connectivity index (χ3v) is 12.4. The van der Waals surface area contributed by atoms with E-state index < -0.39 is 0 Å². The smallest absolute Gasteiger partial charge is 0.0546 e. The lowest BCUT2D eigenvalue weighted by Crippen LogP contribution is -2.17. The first-order valence-corrected chi connectivity index (χ1v) is 20.2. The maximum absolute atomic E-state index is 2.48. The molecule has 0 amide bonds. The summed E-state index contributed by atoms with van der Waals surface area (Å²) in [5.74, 6) is 0. The van der Waals surface area contributed by atoms with Crippen LogP contribution in [0.4, 0.5) is 17.1 Å². The van der Waals surface area contributed by atoms with Crippen LogP contribution < -0.4 is 4.90 Å². The maximum atomic E-state index is 2.48.